The van der Waals surface area contributed by atoms with Crippen molar-refractivity contribution in [2.24, 2.45) is 0 Å². The maximum absolute atomic E-state index is 13.1. The number of nitrogens with zero attached hydrogens (tertiary/aromatic N) is 3. The van der Waals surface area contributed by atoms with Gasteiger partial charge >= 0.3 is 0 Å². The highest BCUT2D eigenvalue weighted by molar-refractivity contribution is 6.30. The van der Waals surface area contributed by atoms with Gasteiger partial charge in [0.1, 0.15) is 5.82 Å². The zero-order valence-corrected chi connectivity index (χ0v) is 16.7. The number of nitriles is 1. The first-order chi connectivity index (χ1) is 14.0. The Morgan fingerprint density at radius 2 is 2.00 bits per heavy atom. The standard InChI is InChI=1S/C21H21ClFN3O3/c1-15-11-25(12-16-2-5-18(23)6-3-16)8-9-26(15)21(27)13-28-19-7-4-17(22)10-20(19)29-14-24/h2-7,10,15H,8-9,11-13H2,1H3/t15-/m1/s1. The average Bonchev–Trinajstić information content (AvgIpc) is 2.69. The minimum Gasteiger partial charge on any atom is -0.480 e. The lowest BCUT2D eigenvalue weighted by Crippen LogP contribution is -2.54. The number of hydrogen-bond acceptors (Lipinski definition) is 5. The molecule has 0 bridgehead atoms. The van der Waals surface area contributed by atoms with E-state index in [1.165, 1.54) is 18.2 Å². The number of amides is 1. The minimum absolute atomic E-state index is 0.0142. The van der Waals surface area contributed by atoms with Crippen molar-refractivity contribution in [2.45, 2.75) is 19.5 Å². The molecule has 0 aliphatic carbocycles. The second-order valence-electron chi connectivity index (χ2n) is 6.87. The smallest absolute Gasteiger partial charge is 0.292 e. The molecule has 8 heteroatoms. The van der Waals surface area contributed by atoms with Gasteiger partial charge in [-0.25, -0.2) is 4.39 Å². The predicted molar refractivity (Wildman–Crippen MR) is 106 cm³/mol. The molecule has 2 aromatic rings. The van der Waals surface area contributed by atoms with Crippen molar-refractivity contribution in [2.75, 3.05) is 26.2 Å². The van der Waals surface area contributed by atoms with Gasteiger partial charge in [-0.15, -0.1) is 5.26 Å². The first-order valence-corrected chi connectivity index (χ1v) is 9.58. The fourth-order valence-electron chi connectivity index (χ4n) is 3.35. The Hall–Kier alpha value is -2.82. The van der Waals surface area contributed by atoms with E-state index in [1.54, 1.807) is 35.4 Å². The highest BCUT2D eigenvalue weighted by Crippen LogP contribution is 2.30. The molecule has 2 aromatic carbocycles. The number of ether oxygens (including phenoxy) is 2. The van der Waals surface area contributed by atoms with Crippen molar-refractivity contribution in [1.82, 2.24) is 9.80 Å². The Labute approximate surface area is 174 Å². The van der Waals surface area contributed by atoms with Gasteiger partial charge in [-0.3, -0.25) is 9.69 Å². The number of halogens is 2. The number of hydrogen-bond donors (Lipinski definition) is 0. The summed E-state index contributed by atoms with van der Waals surface area (Å²) in [4.78, 5) is 16.6. The molecular formula is C21H21ClFN3O3. The van der Waals surface area contributed by atoms with Gasteiger partial charge in [-0.05, 0) is 36.8 Å². The molecule has 1 aliphatic heterocycles. The van der Waals surface area contributed by atoms with Crippen LogP contribution in [0.2, 0.25) is 5.02 Å². The Morgan fingerprint density at radius 3 is 2.69 bits per heavy atom. The summed E-state index contributed by atoms with van der Waals surface area (Å²) in [7, 11) is 0. The van der Waals surface area contributed by atoms with Crippen LogP contribution in [-0.2, 0) is 11.3 Å². The fourth-order valence-corrected chi connectivity index (χ4v) is 3.51. The molecule has 1 saturated heterocycles. The van der Waals surface area contributed by atoms with Crippen molar-refractivity contribution in [1.29, 1.82) is 5.26 Å². The molecule has 1 atom stereocenters. The second kappa shape index (κ2) is 9.59. The number of piperazine rings is 1. The third kappa shape index (κ3) is 5.59. The minimum atomic E-state index is -0.249. The summed E-state index contributed by atoms with van der Waals surface area (Å²) < 4.78 is 23.5. The van der Waals surface area contributed by atoms with Gasteiger partial charge in [0, 0.05) is 43.3 Å². The van der Waals surface area contributed by atoms with Crippen molar-refractivity contribution in [3.8, 4) is 17.8 Å². The van der Waals surface area contributed by atoms with E-state index in [2.05, 4.69) is 4.90 Å². The zero-order chi connectivity index (χ0) is 20.8. The van der Waals surface area contributed by atoms with Crippen LogP contribution in [0.15, 0.2) is 42.5 Å². The van der Waals surface area contributed by atoms with Crippen LogP contribution in [0.25, 0.3) is 0 Å². The quantitative estimate of drug-likeness (QED) is 0.673. The second-order valence-corrected chi connectivity index (χ2v) is 7.31. The largest absolute Gasteiger partial charge is 0.480 e. The van der Waals surface area contributed by atoms with Crippen molar-refractivity contribution >= 4 is 17.5 Å². The molecule has 0 saturated carbocycles. The lowest BCUT2D eigenvalue weighted by Gasteiger charge is -2.39. The predicted octanol–water partition coefficient (Wildman–Crippen LogP) is 3.45. The Bertz CT molecular complexity index is 901. The highest BCUT2D eigenvalue weighted by atomic mass is 35.5. The maximum atomic E-state index is 13.1. The van der Waals surface area contributed by atoms with Gasteiger partial charge in [0.2, 0.25) is 0 Å². The summed E-state index contributed by atoms with van der Waals surface area (Å²) in [5, 5.41) is 9.13. The van der Waals surface area contributed by atoms with Gasteiger partial charge in [0.25, 0.3) is 12.2 Å². The third-order valence-electron chi connectivity index (χ3n) is 4.76. The van der Waals surface area contributed by atoms with Gasteiger partial charge in [-0.2, -0.15) is 0 Å². The molecule has 0 N–H and O–H groups in total. The van der Waals surface area contributed by atoms with Crippen LogP contribution in [0.3, 0.4) is 0 Å². The lowest BCUT2D eigenvalue weighted by atomic mass is 10.1. The molecule has 6 nitrogen and oxygen atoms in total. The monoisotopic (exact) mass is 417 g/mol. The Kier molecular flexibility index (Phi) is 6.91. The summed E-state index contributed by atoms with van der Waals surface area (Å²) in [6.45, 7) is 4.55. The Balaban J connectivity index is 1.53. The molecule has 0 aromatic heterocycles. The van der Waals surface area contributed by atoms with E-state index >= 15 is 0 Å². The van der Waals surface area contributed by atoms with Gasteiger partial charge < -0.3 is 14.4 Å². The molecule has 1 heterocycles. The van der Waals surface area contributed by atoms with Crippen molar-refractivity contribution in [3.05, 3.63) is 58.9 Å². The average molecular weight is 418 g/mol. The number of rotatable bonds is 6. The van der Waals surface area contributed by atoms with Crippen LogP contribution >= 0.6 is 11.6 Å². The van der Waals surface area contributed by atoms with E-state index in [1.807, 2.05) is 6.92 Å². The van der Waals surface area contributed by atoms with E-state index in [-0.39, 0.29) is 35.9 Å². The molecule has 1 aliphatic rings. The SMILES string of the molecule is C[C@@H]1CN(Cc2ccc(F)cc2)CCN1C(=O)COc1ccc(Cl)cc1OC#N. The highest BCUT2D eigenvalue weighted by Gasteiger charge is 2.27. The number of carbonyl (C=O) groups excluding carboxylic acids is 1. The maximum Gasteiger partial charge on any atom is 0.292 e. The first kappa shape index (κ1) is 20.9. The molecule has 1 amide bonds. The van der Waals surface area contributed by atoms with E-state index < -0.39 is 0 Å². The summed E-state index contributed by atoms with van der Waals surface area (Å²) in [6, 6.07) is 11.1. The molecule has 0 radical (unpaired) electrons. The van der Waals surface area contributed by atoms with Crippen LogP contribution in [0.1, 0.15) is 12.5 Å². The molecule has 152 valence electrons. The molecule has 29 heavy (non-hydrogen) atoms. The normalized spacial score (nSPS) is 16.9. The van der Waals surface area contributed by atoms with E-state index in [0.29, 0.717) is 24.7 Å². The summed E-state index contributed by atoms with van der Waals surface area (Å²) >= 11 is 5.89. The van der Waals surface area contributed by atoms with Gasteiger partial charge in [-0.1, -0.05) is 23.7 Å². The van der Waals surface area contributed by atoms with Crippen LogP contribution in [0.4, 0.5) is 4.39 Å². The summed E-state index contributed by atoms with van der Waals surface area (Å²) in [6.07, 6.45) is 1.58. The van der Waals surface area contributed by atoms with E-state index in [4.69, 9.17) is 26.3 Å². The van der Waals surface area contributed by atoms with Crippen molar-refractivity contribution in [3.63, 3.8) is 0 Å². The molecular weight excluding hydrogens is 397 g/mol. The lowest BCUT2D eigenvalue weighted by molar-refractivity contribution is -0.138. The van der Waals surface area contributed by atoms with Gasteiger partial charge in [0.15, 0.2) is 18.1 Å². The van der Waals surface area contributed by atoms with Crippen LogP contribution in [0, 0.1) is 17.3 Å². The summed E-state index contributed by atoms with van der Waals surface area (Å²) in [5.74, 6) is 0.0650. The molecule has 0 unspecified atom stereocenters. The molecule has 3 rings (SSSR count). The van der Waals surface area contributed by atoms with Crippen molar-refractivity contribution < 1.29 is 18.7 Å². The number of benzene rings is 2. The van der Waals surface area contributed by atoms with Gasteiger partial charge in [0.05, 0.1) is 0 Å². The van der Waals surface area contributed by atoms with Crippen LogP contribution in [0.5, 0.6) is 11.5 Å². The Morgan fingerprint density at radius 1 is 1.24 bits per heavy atom. The topological polar surface area (TPSA) is 65.8 Å². The van der Waals surface area contributed by atoms with E-state index in [0.717, 1.165) is 12.1 Å². The van der Waals surface area contributed by atoms with Crippen LogP contribution < -0.4 is 9.47 Å². The van der Waals surface area contributed by atoms with Crippen LogP contribution in [-0.4, -0.2) is 48.0 Å². The molecule has 1 fully saturated rings. The van der Waals surface area contributed by atoms with E-state index in [9.17, 15) is 9.18 Å². The summed E-state index contributed by atoms with van der Waals surface area (Å²) in [5.41, 5.74) is 1.04. The fraction of sp³-hybridized carbons (Fsp3) is 0.333. The zero-order valence-electron chi connectivity index (χ0n) is 16.0. The number of carbonyl (C=O) groups is 1. The third-order valence-corrected chi connectivity index (χ3v) is 5.00. The first-order valence-electron chi connectivity index (χ1n) is 9.21. The molecule has 0 spiro atoms.